The monoisotopic (exact) mass is 193 g/mol. The molecular formula is C10H15N3O. The summed E-state index contributed by atoms with van der Waals surface area (Å²) in [7, 11) is 1.65. The Kier molecular flexibility index (Phi) is 1.96. The van der Waals surface area contributed by atoms with Crippen LogP contribution >= 0.6 is 0 Å². The van der Waals surface area contributed by atoms with Crippen molar-refractivity contribution in [1.29, 1.82) is 0 Å². The molecule has 0 atom stereocenters. The normalized spacial score (nSPS) is 18.0. The van der Waals surface area contributed by atoms with E-state index in [4.69, 9.17) is 4.74 Å². The lowest BCUT2D eigenvalue weighted by Crippen LogP contribution is -2.29. The van der Waals surface area contributed by atoms with E-state index in [1.807, 2.05) is 6.92 Å². The summed E-state index contributed by atoms with van der Waals surface area (Å²) >= 11 is 0. The summed E-state index contributed by atoms with van der Waals surface area (Å²) in [6, 6.07) is 0. The van der Waals surface area contributed by atoms with Gasteiger partial charge in [0.05, 0.1) is 23.9 Å². The summed E-state index contributed by atoms with van der Waals surface area (Å²) in [5.41, 5.74) is 2.07. The highest BCUT2D eigenvalue weighted by atomic mass is 16.5. The molecular weight excluding hydrogens is 178 g/mol. The fourth-order valence-electron chi connectivity index (χ4n) is 1.81. The van der Waals surface area contributed by atoms with Crippen LogP contribution in [0, 0.1) is 6.92 Å². The van der Waals surface area contributed by atoms with E-state index in [0.29, 0.717) is 5.88 Å². The number of methoxy groups -OCH3 is 1. The van der Waals surface area contributed by atoms with Crippen LogP contribution in [0.5, 0.6) is 5.88 Å². The van der Waals surface area contributed by atoms with Crippen molar-refractivity contribution in [3.05, 3.63) is 17.1 Å². The molecule has 0 aromatic carbocycles. The maximum absolute atomic E-state index is 5.24. The lowest BCUT2D eigenvalue weighted by Gasteiger charge is -2.18. The van der Waals surface area contributed by atoms with Crippen LogP contribution in [0.3, 0.4) is 0 Å². The third-order valence-corrected chi connectivity index (χ3v) is 2.57. The zero-order valence-corrected chi connectivity index (χ0v) is 9.01. The Balaban J connectivity index is 2.62. The van der Waals surface area contributed by atoms with Gasteiger partial charge in [-0.05, 0) is 20.8 Å². The number of ether oxygens (including phenoxy) is 1. The van der Waals surface area contributed by atoms with Crippen LogP contribution < -0.4 is 10.1 Å². The molecule has 0 bridgehead atoms. The van der Waals surface area contributed by atoms with Crippen molar-refractivity contribution in [1.82, 2.24) is 15.3 Å². The highest BCUT2D eigenvalue weighted by Gasteiger charge is 2.33. The minimum Gasteiger partial charge on any atom is -0.481 e. The maximum atomic E-state index is 5.24. The summed E-state index contributed by atoms with van der Waals surface area (Å²) in [5, 5.41) is 3.38. The molecule has 1 aliphatic rings. The van der Waals surface area contributed by atoms with Crippen molar-refractivity contribution in [3.63, 3.8) is 0 Å². The fraction of sp³-hybridized carbons (Fsp3) is 0.600. The topological polar surface area (TPSA) is 47.0 Å². The average molecular weight is 193 g/mol. The van der Waals surface area contributed by atoms with Crippen molar-refractivity contribution < 1.29 is 4.74 Å². The number of nitrogens with zero attached hydrogens (tertiary/aromatic N) is 2. The number of nitrogens with one attached hydrogen (secondary N) is 1. The van der Waals surface area contributed by atoms with Crippen LogP contribution in [-0.4, -0.2) is 17.1 Å². The van der Waals surface area contributed by atoms with Gasteiger partial charge in [0, 0.05) is 6.54 Å². The van der Waals surface area contributed by atoms with Crippen LogP contribution in [-0.2, 0) is 12.1 Å². The average Bonchev–Trinajstić information content (AvgIpc) is 2.42. The van der Waals surface area contributed by atoms with Gasteiger partial charge in [0.25, 0.3) is 0 Å². The lowest BCUT2D eigenvalue weighted by atomic mass is 10.0. The third-order valence-electron chi connectivity index (χ3n) is 2.57. The third kappa shape index (κ3) is 1.26. The van der Waals surface area contributed by atoms with Crippen molar-refractivity contribution >= 4 is 0 Å². The molecule has 1 N–H and O–H groups in total. The van der Waals surface area contributed by atoms with E-state index in [9.17, 15) is 0 Å². The molecule has 1 aliphatic heterocycles. The predicted molar refractivity (Wildman–Crippen MR) is 53.2 cm³/mol. The van der Waals surface area contributed by atoms with E-state index in [0.717, 1.165) is 23.6 Å². The van der Waals surface area contributed by atoms with Crippen LogP contribution in [0.2, 0.25) is 0 Å². The van der Waals surface area contributed by atoms with Gasteiger partial charge in [-0.2, -0.15) is 4.98 Å². The molecule has 0 saturated carbocycles. The molecule has 1 aromatic rings. The Bertz CT molecular complexity index is 374. The van der Waals surface area contributed by atoms with E-state index < -0.39 is 0 Å². The minimum absolute atomic E-state index is 0.0731. The Morgan fingerprint density at radius 2 is 2.07 bits per heavy atom. The highest BCUT2D eigenvalue weighted by molar-refractivity contribution is 5.38. The van der Waals surface area contributed by atoms with Crippen LogP contribution in [0.15, 0.2) is 0 Å². The SMILES string of the molecule is COc1nc(C)nc2c1CNC2(C)C. The van der Waals surface area contributed by atoms with Gasteiger partial charge in [-0.25, -0.2) is 4.98 Å². The quantitative estimate of drug-likeness (QED) is 0.726. The molecule has 4 heteroatoms. The van der Waals surface area contributed by atoms with Gasteiger partial charge in [0.1, 0.15) is 5.82 Å². The Morgan fingerprint density at radius 3 is 2.71 bits per heavy atom. The van der Waals surface area contributed by atoms with Gasteiger partial charge in [-0.3, -0.25) is 0 Å². The molecule has 2 rings (SSSR count). The molecule has 0 saturated heterocycles. The summed E-state index contributed by atoms with van der Waals surface area (Å²) in [4.78, 5) is 8.72. The molecule has 0 fully saturated rings. The summed E-state index contributed by atoms with van der Waals surface area (Å²) in [6.45, 7) is 6.90. The number of fused-ring (bicyclic) bond motifs is 1. The first-order valence-corrected chi connectivity index (χ1v) is 4.71. The molecule has 4 nitrogen and oxygen atoms in total. The summed E-state index contributed by atoms with van der Waals surface area (Å²) in [5.74, 6) is 1.46. The van der Waals surface area contributed by atoms with E-state index in [-0.39, 0.29) is 5.54 Å². The van der Waals surface area contributed by atoms with Gasteiger partial charge < -0.3 is 10.1 Å². The molecule has 76 valence electrons. The second kappa shape index (κ2) is 2.92. The number of aryl methyl sites for hydroxylation is 1. The first-order valence-electron chi connectivity index (χ1n) is 4.71. The molecule has 0 spiro atoms. The van der Waals surface area contributed by atoms with Gasteiger partial charge >= 0.3 is 0 Å². The first-order chi connectivity index (χ1) is 6.54. The fourth-order valence-corrected chi connectivity index (χ4v) is 1.81. The number of hydrogen-bond donors (Lipinski definition) is 1. The predicted octanol–water partition coefficient (Wildman–Crippen LogP) is 1.13. The molecule has 14 heavy (non-hydrogen) atoms. The van der Waals surface area contributed by atoms with Gasteiger partial charge in [0.15, 0.2) is 0 Å². The largest absolute Gasteiger partial charge is 0.481 e. The Labute approximate surface area is 83.7 Å². The number of aromatic nitrogens is 2. The van der Waals surface area contributed by atoms with Crippen molar-refractivity contribution in [2.75, 3.05) is 7.11 Å². The van der Waals surface area contributed by atoms with Crippen LogP contribution in [0.1, 0.15) is 30.9 Å². The van der Waals surface area contributed by atoms with E-state index in [1.165, 1.54) is 0 Å². The zero-order chi connectivity index (χ0) is 10.3. The second-order valence-corrected chi connectivity index (χ2v) is 4.09. The maximum Gasteiger partial charge on any atom is 0.221 e. The molecule has 1 aromatic heterocycles. The molecule has 0 aliphatic carbocycles. The van der Waals surface area contributed by atoms with Crippen LogP contribution in [0.25, 0.3) is 0 Å². The highest BCUT2D eigenvalue weighted by Crippen LogP contribution is 2.33. The molecule has 2 heterocycles. The first kappa shape index (κ1) is 9.40. The Hall–Kier alpha value is -1.16. The lowest BCUT2D eigenvalue weighted by molar-refractivity contribution is 0.390. The smallest absolute Gasteiger partial charge is 0.221 e. The van der Waals surface area contributed by atoms with Crippen molar-refractivity contribution in [2.24, 2.45) is 0 Å². The van der Waals surface area contributed by atoms with Gasteiger partial charge in [-0.1, -0.05) is 0 Å². The standard InChI is InChI=1S/C10H15N3O/c1-6-12-8-7(9(13-6)14-4)5-11-10(8,2)3/h11H,5H2,1-4H3. The van der Waals surface area contributed by atoms with Crippen molar-refractivity contribution in [3.8, 4) is 5.88 Å². The molecule has 0 amide bonds. The van der Waals surface area contributed by atoms with E-state index in [1.54, 1.807) is 7.11 Å². The Morgan fingerprint density at radius 1 is 1.36 bits per heavy atom. The molecule has 0 radical (unpaired) electrons. The van der Waals surface area contributed by atoms with Gasteiger partial charge in [0.2, 0.25) is 5.88 Å². The van der Waals surface area contributed by atoms with Crippen molar-refractivity contribution in [2.45, 2.75) is 32.9 Å². The summed E-state index contributed by atoms with van der Waals surface area (Å²) < 4.78 is 5.24. The summed E-state index contributed by atoms with van der Waals surface area (Å²) in [6.07, 6.45) is 0. The van der Waals surface area contributed by atoms with E-state index >= 15 is 0 Å². The minimum atomic E-state index is -0.0731. The van der Waals surface area contributed by atoms with Crippen LogP contribution in [0.4, 0.5) is 0 Å². The van der Waals surface area contributed by atoms with E-state index in [2.05, 4.69) is 29.1 Å². The second-order valence-electron chi connectivity index (χ2n) is 4.09. The number of rotatable bonds is 1. The number of hydrogen-bond acceptors (Lipinski definition) is 4. The van der Waals surface area contributed by atoms with Gasteiger partial charge in [-0.15, -0.1) is 0 Å². The molecule has 0 unspecified atom stereocenters. The zero-order valence-electron chi connectivity index (χ0n) is 9.01.